The van der Waals surface area contributed by atoms with Crippen LogP contribution in [0.15, 0.2) is 41.8 Å². The number of hydrogen-bond donors (Lipinski definition) is 0. The fraction of sp³-hybridized carbons (Fsp3) is 0.125. The molecule has 0 aliphatic rings. The zero-order chi connectivity index (χ0) is 13.9. The summed E-state index contributed by atoms with van der Waals surface area (Å²) in [6.07, 6.45) is 0.851. The SMILES string of the molecule is Cc1nc(COc2ccc3ccccc3c2C=O)cs1. The highest BCUT2D eigenvalue weighted by atomic mass is 32.1. The van der Waals surface area contributed by atoms with Gasteiger partial charge in [0.2, 0.25) is 0 Å². The number of fused-ring (bicyclic) bond motifs is 1. The fourth-order valence-corrected chi connectivity index (χ4v) is 2.75. The first kappa shape index (κ1) is 12.8. The molecule has 2 aromatic carbocycles. The molecule has 0 spiro atoms. The van der Waals surface area contributed by atoms with Gasteiger partial charge in [-0.25, -0.2) is 4.98 Å². The number of aryl methyl sites for hydroxylation is 1. The minimum Gasteiger partial charge on any atom is -0.486 e. The number of nitrogens with zero attached hydrogens (tertiary/aromatic N) is 1. The molecule has 3 nitrogen and oxygen atoms in total. The third-order valence-electron chi connectivity index (χ3n) is 3.09. The van der Waals surface area contributed by atoms with Gasteiger partial charge >= 0.3 is 0 Å². The maximum atomic E-state index is 11.4. The van der Waals surface area contributed by atoms with E-state index in [1.165, 1.54) is 0 Å². The molecule has 0 aliphatic heterocycles. The zero-order valence-corrected chi connectivity index (χ0v) is 11.8. The van der Waals surface area contributed by atoms with Gasteiger partial charge in [0.15, 0.2) is 6.29 Å². The topological polar surface area (TPSA) is 39.2 Å². The van der Waals surface area contributed by atoms with E-state index >= 15 is 0 Å². The lowest BCUT2D eigenvalue weighted by molar-refractivity contribution is 0.112. The molecule has 1 aromatic heterocycles. The molecule has 0 saturated heterocycles. The van der Waals surface area contributed by atoms with Crippen molar-refractivity contribution in [2.45, 2.75) is 13.5 Å². The molecule has 0 fully saturated rings. The van der Waals surface area contributed by atoms with Crippen molar-refractivity contribution in [1.82, 2.24) is 4.98 Å². The van der Waals surface area contributed by atoms with E-state index in [0.717, 1.165) is 27.8 Å². The van der Waals surface area contributed by atoms with Crippen LogP contribution in [0.5, 0.6) is 5.75 Å². The molecule has 20 heavy (non-hydrogen) atoms. The average Bonchev–Trinajstić information content (AvgIpc) is 2.90. The van der Waals surface area contributed by atoms with Gasteiger partial charge in [0.25, 0.3) is 0 Å². The van der Waals surface area contributed by atoms with Crippen LogP contribution in [0.3, 0.4) is 0 Å². The molecule has 0 unspecified atom stereocenters. The maximum absolute atomic E-state index is 11.4. The van der Waals surface area contributed by atoms with E-state index < -0.39 is 0 Å². The lowest BCUT2D eigenvalue weighted by Gasteiger charge is -2.09. The van der Waals surface area contributed by atoms with E-state index in [9.17, 15) is 4.79 Å². The van der Waals surface area contributed by atoms with E-state index in [4.69, 9.17) is 4.74 Å². The Morgan fingerprint density at radius 1 is 1.25 bits per heavy atom. The van der Waals surface area contributed by atoms with Gasteiger partial charge in [0.05, 0.1) is 16.3 Å². The first-order chi connectivity index (χ1) is 9.78. The number of benzene rings is 2. The Kier molecular flexibility index (Phi) is 3.48. The Hall–Kier alpha value is -2.20. The van der Waals surface area contributed by atoms with Crippen LogP contribution in [0.1, 0.15) is 21.1 Å². The van der Waals surface area contributed by atoms with Crippen LogP contribution in [0.2, 0.25) is 0 Å². The Labute approximate surface area is 120 Å². The summed E-state index contributed by atoms with van der Waals surface area (Å²) in [4.78, 5) is 15.7. The lowest BCUT2D eigenvalue weighted by atomic mass is 10.0. The summed E-state index contributed by atoms with van der Waals surface area (Å²) in [6, 6.07) is 11.6. The number of ether oxygens (including phenoxy) is 1. The third-order valence-corrected chi connectivity index (χ3v) is 3.91. The Bertz CT molecular complexity index is 764. The van der Waals surface area contributed by atoms with Crippen LogP contribution in [0.25, 0.3) is 10.8 Å². The zero-order valence-electron chi connectivity index (χ0n) is 11.0. The number of carbonyl (C=O) groups is 1. The van der Waals surface area contributed by atoms with Gasteiger partial charge in [0, 0.05) is 5.38 Å². The first-order valence-corrected chi connectivity index (χ1v) is 7.16. The van der Waals surface area contributed by atoms with Gasteiger partial charge in [-0.05, 0) is 23.8 Å². The van der Waals surface area contributed by atoms with Crippen molar-refractivity contribution in [2.24, 2.45) is 0 Å². The van der Waals surface area contributed by atoms with Crippen molar-refractivity contribution in [2.75, 3.05) is 0 Å². The second kappa shape index (κ2) is 5.43. The van der Waals surface area contributed by atoms with Crippen molar-refractivity contribution < 1.29 is 9.53 Å². The number of aldehydes is 1. The number of hydrogen-bond acceptors (Lipinski definition) is 4. The highest BCUT2D eigenvalue weighted by Crippen LogP contribution is 2.27. The maximum Gasteiger partial charge on any atom is 0.154 e. The highest BCUT2D eigenvalue weighted by molar-refractivity contribution is 7.09. The van der Waals surface area contributed by atoms with Crippen molar-refractivity contribution >= 4 is 28.4 Å². The summed E-state index contributed by atoms with van der Waals surface area (Å²) in [6.45, 7) is 2.34. The van der Waals surface area contributed by atoms with Crippen LogP contribution in [0, 0.1) is 6.92 Å². The summed E-state index contributed by atoms with van der Waals surface area (Å²) in [7, 11) is 0. The second-order valence-corrected chi connectivity index (χ2v) is 5.53. The van der Waals surface area contributed by atoms with E-state index in [1.54, 1.807) is 11.3 Å². The van der Waals surface area contributed by atoms with E-state index in [2.05, 4.69) is 4.98 Å². The lowest BCUT2D eigenvalue weighted by Crippen LogP contribution is -1.99. The molecular formula is C16H13NO2S. The van der Waals surface area contributed by atoms with Crippen LogP contribution in [0.4, 0.5) is 0 Å². The highest BCUT2D eigenvalue weighted by Gasteiger charge is 2.08. The number of thiazole rings is 1. The molecule has 0 amide bonds. The van der Waals surface area contributed by atoms with Crippen molar-refractivity contribution in [3.05, 3.63) is 58.0 Å². The van der Waals surface area contributed by atoms with E-state index in [0.29, 0.717) is 17.9 Å². The number of carbonyl (C=O) groups excluding carboxylic acids is 1. The molecule has 0 N–H and O–H groups in total. The first-order valence-electron chi connectivity index (χ1n) is 6.28. The minimum atomic E-state index is 0.378. The standard InChI is InChI=1S/C16H13NO2S/c1-11-17-13(10-20-11)9-19-16-7-6-12-4-2-3-5-14(12)15(16)8-18/h2-8,10H,9H2,1H3. The summed E-state index contributed by atoms with van der Waals surface area (Å²) >= 11 is 1.59. The van der Waals surface area contributed by atoms with Gasteiger partial charge in [-0.2, -0.15) is 0 Å². The van der Waals surface area contributed by atoms with Crippen LogP contribution >= 0.6 is 11.3 Å². The van der Waals surface area contributed by atoms with Gasteiger partial charge in [0.1, 0.15) is 12.4 Å². The molecule has 0 aliphatic carbocycles. The van der Waals surface area contributed by atoms with Gasteiger partial charge in [-0.15, -0.1) is 11.3 Å². The van der Waals surface area contributed by atoms with Gasteiger partial charge in [-0.3, -0.25) is 4.79 Å². The second-order valence-electron chi connectivity index (χ2n) is 4.46. The summed E-state index contributed by atoms with van der Waals surface area (Å²) in [5.41, 5.74) is 1.48. The largest absolute Gasteiger partial charge is 0.486 e. The molecule has 0 radical (unpaired) electrons. The third kappa shape index (κ3) is 2.42. The van der Waals surface area contributed by atoms with E-state index in [-0.39, 0.29) is 0 Å². The predicted molar refractivity (Wildman–Crippen MR) is 80.5 cm³/mol. The molecule has 100 valence electrons. The normalized spacial score (nSPS) is 10.7. The van der Waals surface area contributed by atoms with Crippen molar-refractivity contribution in [1.29, 1.82) is 0 Å². The summed E-state index contributed by atoms with van der Waals surface area (Å²) < 4.78 is 5.75. The molecule has 3 aromatic rings. The van der Waals surface area contributed by atoms with Crippen molar-refractivity contribution in [3.8, 4) is 5.75 Å². The van der Waals surface area contributed by atoms with Gasteiger partial charge in [-0.1, -0.05) is 30.3 Å². The Morgan fingerprint density at radius 3 is 2.85 bits per heavy atom. The molecule has 3 rings (SSSR count). The van der Waals surface area contributed by atoms with Crippen molar-refractivity contribution in [3.63, 3.8) is 0 Å². The smallest absolute Gasteiger partial charge is 0.154 e. The molecule has 0 bridgehead atoms. The molecule has 0 saturated carbocycles. The Morgan fingerprint density at radius 2 is 2.10 bits per heavy atom. The minimum absolute atomic E-state index is 0.378. The predicted octanol–water partition coefficient (Wildman–Crippen LogP) is 4.00. The molecule has 1 heterocycles. The number of aromatic nitrogens is 1. The Balaban J connectivity index is 1.93. The van der Waals surface area contributed by atoms with Crippen LogP contribution in [-0.2, 0) is 6.61 Å². The molecule has 4 heteroatoms. The monoisotopic (exact) mass is 283 g/mol. The summed E-state index contributed by atoms with van der Waals surface area (Å²) in [5, 5.41) is 4.93. The molecule has 0 atom stereocenters. The quantitative estimate of drug-likeness (QED) is 0.679. The van der Waals surface area contributed by atoms with Gasteiger partial charge < -0.3 is 4.74 Å². The van der Waals surface area contributed by atoms with Crippen LogP contribution in [-0.4, -0.2) is 11.3 Å². The number of rotatable bonds is 4. The van der Waals surface area contributed by atoms with Crippen LogP contribution < -0.4 is 4.74 Å². The summed E-state index contributed by atoms with van der Waals surface area (Å²) in [5.74, 6) is 0.601. The average molecular weight is 283 g/mol. The fourth-order valence-electron chi connectivity index (χ4n) is 2.15. The van der Waals surface area contributed by atoms with E-state index in [1.807, 2.05) is 48.7 Å². The molecular weight excluding hydrogens is 270 g/mol.